The van der Waals surface area contributed by atoms with E-state index in [0.29, 0.717) is 34.5 Å². The van der Waals surface area contributed by atoms with Crippen LogP contribution in [0, 0.1) is 5.92 Å². The zero-order chi connectivity index (χ0) is 22.6. The number of anilines is 1. The van der Waals surface area contributed by atoms with Gasteiger partial charge in [0.2, 0.25) is 0 Å². The predicted octanol–water partition coefficient (Wildman–Crippen LogP) is 5.55. The van der Waals surface area contributed by atoms with Gasteiger partial charge in [-0.1, -0.05) is 18.2 Å². The molecule has 0 amide bonds. The molecule has 0 atom stereocenters. The summed E-state index contributed by atoms with van der Waals surface area (Å²) >= 11 is 0. The van der Waals surface area contributed by atoms with E-state index in [0.717, 1.165) is 42.5 Å². The van der Waals surface area contributed by atoms with Crippen LogP contribution in [0.15, 0.2) is 73.1 Å². The molecule has 3 N–H and O–H groups in total. The third-order valence-corrected chi connectivity index (χ3v) is 6.38. The van der Waals surface area contributed by atoms with E-state index >= 15 is 0 Å². The Bertz CT molecular complexity index is 1230. The van der Waals surface area contributed by atoms with Crippen molar-refractivity contribution in [2.24, 2.45) is 5.92 Å². The van der Waals surface area contributed by atoms with E-state index in [1.54, 1.807) is 24.5 Å². The van der Waals surface area contributed by atoms with E-state index in [4.69, 9.17) is 4.74 Å². The average molecular weight is 442 g/mol. The van der Waals surface area contributed by atoms with Crippen LogP contribution >= 0.6 is 0 Å². The van der Waals surface area contributed by atoms with Crippen LogP contribution < -0.4 is 10.1 Å². The van der Waals surface area contributed by atoms with Crippen LogP contribution in [0.5, 0.6) is 11.5 Å². The van der Waals surface area contributed by atoms with Gasteiger partial charge < -0.3 is 20.1 Å². The Kier molecular flexibility index (Phi) is 6.09. The molecule has 2 aromatic heterocycles. The first-order valence-electron chi connectivity index (χ1n) is 11.4. The maximum atomic E-state index is 13.4. The molecule has 2 heterocycles. The maximum Gasteiger partial charge on any atom is 0.195 e. The number of H-pyrrole nitrogens is 1. The van der Waals surface area contributed by atoms with Crippen molar-refractivity contribution in [3.05, 3.63) is 84.2 Å². The molecule has 6 heteroatoms. The number of carbonyl (C=O) groups excluding carboxylic acids is 1. The van der Waals surface area contributed by atoms with Gasteiger partial charge in [0.15, 0.2) is 5.78 Å². The number of ketones is 1. The second-order valence-corrected chi connectivity index (χ2v) is 8.60. The fourth-order valence-electron chi connectivity index (χ4n) is 4.52. The van der Waals surface area contributed by atoms with Gasteiger partial charge in [0, 0.05) is 36.3 Å². The minimum atomic E-state index is -0.0625. The minimum absolute atomic E-state index is 0.0625. The Morgan fingerprint density at radius 3 is 2.45 bits per heavy atom. The number of carbonyl (C=O) groups is 1. The second kappa shape index (κ2) is 9.46. The van der Waals surface area contributed by atoms with Crippen molar-refractivity contribution in [2.45, 2.75) is 31.7 Å². The van der Waals surface area contributed by atoms with E-state index < -0.39 is 0 Å². The molecule has 1 fully saturated rings. The summed E-state index contributed by atoms with van der Waals surface area (Å²) in [4.78, 5) is 20.9. The van der Waals surface area contributed by atoms with Crippen molar-refractivity contribution in [2.75, 3.05) is 11.9 Å². The number of para-hydroxylation sites is 1. The van der Waals surface area contributed by atoms with Crippen LogP contribution in [0.1, 0.15) is 41.6 Å². The Balaban J connectivity index is 1.36. The molecular weight excluding hydrogens is 414 g/mol. The van der Waals surface area contributed by atoms with Gasteiger partial charge in [-0.2, -0.15) is 0 Å². The number of nitrogens with zero attached hydrogens (tertiary/aromatic N) is 1. The molecule has 0 radical (unpaired) electrons. The zero-order valence-electron chi connectivity index (χ0n) is 18.3. The van der Waals surface area contributed by atoms with Gasteiger partial charge in [-0.05, 0) is 74.1 Å². The number of rotatable bonds is 7. The number of fused-ring (bicyclic) bond motifs is 1. The summed E-state index contributed by atoms with van der Waals surface area (Å²) in [7, 11) is 0. The summed E-state index contributed by atoms with van der Waals surface area (Å²) < 4.78 is 5.84. The second-order valence-electron chi connectivity index (χ2n) is 8.60. The summed E-state index contributed by atoms with van der Waals surface area (Å²) in [6.07, 6.45) is 7.53. The van der Waals surface area contributed by atoms with Gasteiger partial charge in [0.05, 0.1) is 10.9 Å². The molecule has 0 bridgehead atoms. The molecular formula is C27H27N3O3. The Hall–Kier alpha value is -3.64. The van der Waals surface area contributed by atoms with Crippen molar-refractivity contribution in [3.8, 4) is 11.5 Å². The molecule has 5 rings (SSSR count). The Morgan fingerprint density at radius 2 is 1.73 bits per heavy atom. The average Bonchev–Trinajstić information content (AvgIpc) is 3.30. The molecule has 6 nitrogen and oxygen atoms in total. The number of nitrogens with one attached hydrogen (secondary N) is 2. The fraction of sp³-hybridized carbons (Fsp3) is 0.259. The number of aromatic nitrogens is 2. The van der Waals surface area contributed by atoms with Gasteiger partial charge >= 0.3 is 0 Å². The van der Waals surface area contributed by atoms with Crippen LogP contribution in [-0.2, 0) is 0 Å². The highest BCUT2D eigenvalue weighted by molar-refractivity contribution is 6.18. The molecule has 1 aliphatic carbocycles. The van der Waals surface area contributed by atoms with Gasteiger partial charge in [0.1, 0.15) is 17.1 Å². The van der Waals surface area contributed by atoms with Gasteiger partial charge in [0.25, 0.3) is 0 Å². The third-order valence-electron chi connectivity index (χ3n) is 6.38. The first kappa shape index (κ1) is 21.2. The smallest absolute Gasteiger partial charge is 0.195 e. The number of hydrogen-bond acceptors (Lipinski definition) is 5. The van der Waals surface area contributed by atoms with Gasteiger partial charge in [-0.25, -0.2) is 4.98 Å². The zero-order valence-corrected chi connectivity index (χ0v) is 18.3. The van der Waals surface area contributed by atoms with Crippen molar-refractivity contribution in [3.63, 3.8) is 0 Å². The Morgan fingerprint density at radius 1 is 1.00 bits per heavy atom. The molecule has 33 heavy (non-hydrogen) atoms. The van der Waals surface area contributed by atoms with Crippen LogP contribution in [0.4, 0.5) is 5.69 Å². The normalized spacial score (nSPS) is 18.2. The molecule has 2 aromatic carbocycles. The SMILES string of the molecule is O=C(c1ccc(Oc2ccccc2)cc1)c1c[nH]c2nccc(N[C@H]3CC[C@H](CO)CC3)c12. The monoisotopic (exact) mass is 441 g/mol. The van der Waals surface area contributed by atoms with E-state index in [1.807, 2.05) is 48.5 Å². The van der Waals surface area contributed by atoms with Crippen molar-refractivity contribution < 1.29 is 14.6 Å². The highest BCUT2D eigenvalue weighted by atomic mass is 16.5. The summed E-state index contributed by atoms with van der Waals surface area (Å²) in [5.41, 5.74) is 2.80. The topological polar surface area (TPSA) is 87.2 Å². The number of benzene rings is 2. The third kappa shape index (κ3) is 4.61. The number of ether oxygens (including phenoxy) is 1. The molecule has 0 spiro atoms. The quantitative estimate of drug-likeness (QED) is 0.327. The van der Waals surface area contributed by atoms with E-state index in [-0.39, 0.29) is 12.4 Å². The number of pyridine rings is 1. The highest BCUT2D eigenvalue weighted by Gasteiger charge is 2.23. The maximum absolute atomic E-state index is 13.4. The van der Waals surface area contributed by atoms with Crippen molar-refractivity contribution >= 4 is 22.5 Å². The molecule has 168 valence electrons. The van der Waals surface area contributed by atoms with E-state index in [2.05, 4.69) is 15.3 Å². The van der Waals surface area contributed by atoms with E-state index in [9.17, 15) is 9.90 Å². The Labute approximate surface area is 192 Å². The summed E-state index contributed by atoms with van der Waals surface area (Å²) in [6, 6.07) is 19.0. The lowest BCUT2D eigenvalue weighted by atomic mass is 9.86. The van der Waals surface area contributed by atoms with Crippen LogP contribution in [0.3, 0.4) is 0 Å². The summed E-state index contributed by atoms with van der Waals surface area (Å²) in [5.74, 6) is 1.77. The minimum Gasteiger partial charge on any atom is -0.457 e. The van der Waals surface area contributed by atoms with Gasteiger partial charge in [-0.15, -0.1) is 0 Å². The highest BCUT2D eigenvalue weighted by Crippen LogP contribution is 2.32. The largest absolute Gasteiger partial charge is 0.457 e. The van der Waals surface area contributed by atoms with Gasteiger partial charge in [-0.3, -0.25) is 4.79 Å². The predicted molar refractivity (Wildman–Crippen MR) is 129 cm³/mol. The molecule has 4 aromatic rings. The lowest BCUT2D eigenvalue weighted by Gasteiger charge is -2.29. The van der Waals surface area contributed by atoms with Crippen LogP contribution in [0.2, 0.25) is 0 Å². The number of hydrogen-bond donors (Lipinski definition) is 3. The molecule has 0 unspecified atom stereocenters. The standard InChI is InChI=1S/C27H27N3O3/c31-17-18-6-10-20(11-7-18)30-24-14-15-28-27-25(24)23(16-29-27)26(32)19-8-12-22(13-9-19)33-21-4-2-1-3-5-21/h1-5,8-9,12-16,18,20,31H,6-7,10-11,17H2,(H2,28,29,30)/t18-,20-. The number of aliphatic hydroxyl groups excluding tert-OH is 1. The number of aromatic amines is 1. The first-order valence-corrected chi connectivity index (χ1v) is 11.4. The first-order chi connectivity index (χ1) is 16.2. The molecule has 1 saturated carbocycles. The van der Waals surface area contributed by atoms with Crippen molar-refractivity contribution in [1.29, 1.82) is 0 Å². The molecule has 0 saturated heterocycles. The van der Waals surface area contributed by atoms with Crippen molar-refractivity contribution in [1.82, 2.24) is 9.97 Å². The van der Waals surface area contributed by atoms with Crippen LogP contribution in [0.25, 0.3) is 11.0 Å². The summed E-state index contributed by atoms with van der Waals surface area (Å²) in [6.45, 7) is 0.262. The van der Waals surface area contributed by atoms with E-state index in [1.165, 1.54) is 0 Å². The molecule has 0 aliphatic heterocycles. The fourth-order valence-corrected chi connectivity index (χ4v) is 4.52. The lowest BCUT2D eigenvalue weighted by molar-refractivity contribution is 0.104. The lowest BCUT2D eigenvalue weighted by Crippen LogP contribution is -2.27. The number of aliphatic hydroxyl groups is 1. The summed E-state index contributed by atoms with van der Waals surface area (Å²) in [5, 5.41) is 13.8. The molecule has 1 aliphatic rings. The van der Waals surface area contributed by atoms with Crippen LogP contribution in [-0.4, -0.2) is 33.5 Å².